The third kappa shape index (κ3) is 4.01. The summed E-state index contributed by atoms with van der Waals surface area (Å²) in [7, 11) is 0. The summed E-state index contributed by atoms with van der Waals surface area (Å²) in [5.74, 6) is 1.21. The number of nitrogens with zero attached hydrogens (tertiary/aromatic N) is 1. The minimum atomic E-state index is -0.220. The first kappa shape index (κ1) is 17.3. The van der Waals surface area contributed by atoms with E-state index in [1.54, 1.807) is 6.07 Å². The van der Waals surface area contributed by atoms with Crippen LogP contribution in [0, 0.1) is 0 Å². The Hall–Kier alpha value is -3.12. The van der Waals surface area contributed by atoms with Gasteiger partial charge in [0.1, 0.15) is 11.6 Å². The lowest BCUT2D eigenvalue weighted by atomic mass is 10.2. The van der Waals surface area contributed by atoms with Crippen molar-refractivity contribution in [3.8, 4) is 17.1 Å². The topological polar surface area (TPSA) is 67.0 Å². The monoisotopic (exact) mass is 421 g/mol. The molecule has 27 heavy (non-hydrogen) atoms. The van der Waals surface area contributed by atoms with Gasteiger partial charge in [0.2, 0.25) is 0 Å². The number of fused-ring (bicyclic) bond motifs is 1. The number of rotatable bonds is 5. The van der Waals surface area contributed by atoms with Crippen molar-refractivity contribution in [2.75, 3.05) is 11.9 Å². The van der Waals surface area contributed by atoms with E-state index < -0.39 is 0 Å². The molecule has 1 amide bonds. The lowest BCUT2D eigenvalue weighted by molar-refractivity contribution is -0.118. The molecule has 0 fully saturated rings. The van der Waals surface area contributed by atoms with Crippen LogP contribution in [0.2, 0.25) is 0 Å². The Morgan fingerprint density at radius 3 is 2.52 bits per heavy atom. The number of halogens is 1. The van der Waals surface area contributed by atoms with Gasteiger partial charge in [0.05, 0.1) is 15.5 Å². The van der Waals surface area contributed by atoms with Crippen molar-refractivity contribution in [2.24, 2.45) is 0 Å². The van der Waals surface area contributed by atoms with E-state index >= 15 is 0 Å². The molecule has 0 saturated heterocycles. The Labute approximate surface area is 164 Å². The number of H-pyrrole nitrogens is 1. The van der Waals surface area contributed by atoms with Crippen LogP contribution >= 0.6 is 15.9 Å². The molecule has 6 heteroatoms. The van der Waals surface area contributed by atoms with Gasteiger partial charge in [-0.1, -0.05) is 24.3 Å². The Balaban J connectivity index is 1.40. The zero-order valence-electron chi connectivity index (χ0n) is 14.3. The molecule has 4 aromatic rings. The number of anilines is 1. The molecule has 0 bridgehead atoms. The van der Waals surface area contributed by atoms with Crippen LogP contribution in [0.5, 0.6) is 5.75 Å². The number of imidazole rings is 1. The van der Waals surface area contributed by atoms with Crippen molar-refractivity contribution in [3.05, 3.63) is 77.3 Å². The smallest absolute Gasteiger partial charge is 0.262 e. The lowest BCUT2D eigenvalue weighted by Gasteiger charge is -2.09. The molecule has 134 valence electrons. The van der Waals surface area contributed by atoms with E-state index in [4.69, 9.17) is 4.74 Å². The molecule has 4 rings (SSSR count). The van der Waals surface area contributed by atoms with Crippen molar-refractivity contribution in [3.63, 3.8) is 0 Å². The second kappa shape index (κ2) is 7.63. The molecule has 2 N–H and O–H groups in total. The summed E-state index contributed by atoms with van der Waals surface area (Å²) >= 11 is 3.39. The highest BCUT2D eigenvalue weighted by Gasteiger charge is 2.08. The number of aromatic nitrogens is 2. The summed E-state index contributed by atoms with van der Waals surface area (Å²) in [5.41, 5.74) is 3.58. The van der Waals surface area contributed by atoms with Gasteiger partial charge >= 0.3 is 0 Å². The average molecular weight is 422 g/mol. The highest BCUT2D eigenvalue weighted by molar-refractivity contribution is 9.10. The van der Waals surface area contributed by atoms with Crippen LogP contribution < -0.4 is 10.1 Å². The molecule has 5 nitrogen and oxygen atoms in total. The molecule has 0 saturated carbocycles. The van der Waals surface area contributed by atoms with Crippen LogP contribution in [0.4, 0.5) is 5.69 Å². The predicted molar refractivity (Wildman–Crippen MR) is 110 cm³/mol. The van der Waals surface area contributed by atoms with Crippen molar-refractivity contribution in [1.82, 2.24) is 9.97 Å². The average Bonchev–Trinajstić information content (AvgIpc) is 3.12. The van der Waals surface area contributed by atoms with Gasteiger partial charge in [-0.2, -0.15) is 0 Å². The number of carbonyl (C=O) groups excluding carboxylic acids is 1. The third-order valence-electron chi connectivity index (χ3n) is 4.03. The van der Waals surface area contributed by atoms with E-state index in [0.717, 1.165) is 26.9 Å². The third-order valence-corrected chi connectivity index (χ3v) is 4.68. The van der Waals surface area contributed by atoms with E-state index in [1.165, 1.54) is 0 Å². The largest absolute Gasteiger partial charge is 0.483 e. The lowest BCUT2D eigenvalue weighted by Crippen LogP contribution is -2.20. The molecule has 0 aliphatic rings. The molecule has 0 aliphatic carbocycles. The van der Waals surface area contributed by atoms with Gasteiger partial charge < -0.3 is 15.0 Å². The minimum absolute atomic E-state index is 0.0616. The summed E-state index contributed by atoms with van der Waals surface area (Å²) < 4.78 is 6.34. The fraction of sp³-hybridized carbons (Fsp3) is 0.0476. The highest BCUT2D eigenvalue weighted by atomic mass is 79.9. The zero-order chi connectivity index (χ0) is 18.6. The Morgan fingerprint density at radius 1 is 1.00 bits per heavy atom. The number of nitrogens with one attached hydrogen (secondary N) is 2. The molecule has 0 spiro atoms. The van der Waals surface area contributed by atoms with Gasteiger partial charge in [0.25, 0.3) is 5.91 Å². The molecule has 0 unspecified atom stereocenters. The van der Waals surface area contributed by atoms with Crippen molar-refractivity contribution in [2.45, 2.75) is 0 Å². The fourth-order valence-corrected chi connectivity index (χ4v) is 3.10. The number of aromatic amines is 1. The van der Waals surface area contributed by atoms with Crippen molar-refractivity contribution < 1.29 is 9.53 Å². The quantitative estimate of drug-likeness (QED) is 0.475. The van der Waals surface area contributed by atoms with Gasteiger partial charge in [-0.25, -0.2) is 4.98 Å². The standard InChI is InChI=1S/C21H16BrN3O2/c22-16-5-1-4-8-19(16)27-13-20(26)23-15-11-9-14(10-12-15)21-24-17-6-2-3-7-18(17)25-21/h1-12H,13H2,(H,23,26)(H,24,25). The first-order valence-corrected chi connectivity index (χ1v) is 9.21. The second-order valence-corrected chi connectivity index (χ2v) is 6.80. The zero-order valence-corrected chi connectivity index (χ0v) is 15.9. The van der Waals surface area contributed by atoms with Crippen molar-refractivity contribution in [1.29, 1.82) is 0 Å². The normalized spacial score (nSPS) is 10.7. The molecule has 1 heterocycles. The maximum atomic E-state index is 12.1. The van der Waals surface area contributed by atoms with E-state index in [1.807, 2.05) is 66.7 Å². The van der Waals surface area contributed by atoms with Gasteiger partial charge in [-0.05, 0) is 64.5 Å². The van der Waals surface area contributed by atoms with Crippen LogP contribution in [0.15, 0.2) is 77.3 Å². The van der Waals surface area contributed by atoms with Crippen LogP contribution in [0.25, 0.3) is 22.4 Å². The highest BCUT2D eigenvalue weighted by Crippen LogP contribution is 2.24. The minimum Gasteiger partial charge on any atom is -0.483 e. The molecular formula is C21H16BrN3O2. The van der Waals surface area contributed by atoms with Crippen molar-refractivity contribution >= 4 is 38.6 Å². The molecule has 0 atom stereocenters. The van der Waals surface area contributed by atoms with Gasteiger partial charge in [-0.3, -0.25) is 4.79 Å². The summed E-state index contributed by atoms with van der Waals surface area (Å²) in [5, 5.41) is 2.83. The molecule has 3 aromatic carbocycles. The first-order chi connectivity index (χ1) is 13.2. The van der Waals surface area contributed by atoms with Crippen LogP contribution in [-0.2, 0) is 4.79 Å². The number of carbonyl (C=O) groups is 1. The fourth-order valence-electron chi connectivity index (χ4n) is 2.70. The van der Waals surface area contributed by atoms with Crippen LogP contribution in [0.3, 0.4) is 0 Å². The predicted octanol–water partition coefficient (Wildman–Crippen LogP) is 5.01. The second-order valence-electron chi connectivity index (χ2n) is 5.95. The SMILES string of the molecule is O=C(COc1ccccc1Br)Nc1ccc(-c2nc3ccccc3[nH]2)cc1. The molecular weight excluding hydrogens is 406 g/mol. The maximum Gasteiger partial charge on any atom is 0.262 e. The summed E-state index contributed by atoms with van der Waals surface area (Å²) in [6, 6.07) is 22.8. The van der Waals surface area contributed by atoms with Gasteiger partial charge in [0.15, 0.2) is 6.61 Å². The first-order valence-electron chi connectivity index (χ1n) is 8.41. The number of ether oxygens (including phenoxy) is 1. The number of para-hydroxylation sites is 3. The summed E-state index contributed by atoms with van der Waals surface area (Å²) in [6.07, 6.45) is 0. The van der Waals surface area contributed by atoms with Crippen LogP contribution in [0.1, 0.15) is 0 Å². The Morgan fingerprint density at radius 2 is 1.74 bits per heavy atom. The molecule has 0 aliphatic heterocycles. The van der Waals surface area contributed by atoms with E-state index in [0.29, 0.717) is 11.4 Å². The van der Waals surface area contributed by atoms with Gasteiger partial charge in [0, 0.05) is 11.3 Å². The number of benzene rings is 3. The van der Waals surface area contributed by atoms with Gasteiger partial charge in [-0.15, -0.1) is 0 Å². The molecule has 0 radical (unpaired) electrons. The van der Waals surface area contributed by atoms with E-state index in [-0.39, 0.29) is 12.5 Å². The number of hydrogen-bond acceptors (Lipinski definition) is 3. The maximum absolute atomic E-state index is 12.1. The molecule has 1 aromatic heterocycles. The number of hydrogen-bond donors (Lipinski definition) is 2. The van der Waals surface area contributed by atoms with E-state index in [9.17, 15) is 4.79 Å². The Kier molecular flexibility index (Phi) is 4.89. The summed E-state index contributed by atoms with van der Waals surface area (Å²) in [6.45, 7) is -0.0616. The van der Waals surface area contributed by atoms with E-state index in [2.05, 4.69) is 31.2 Å². The summed E-state index contributed by atoms with van der Waals surface area (Å²) in [4.78, 5) is 20.0. The van der Waals surface area contributed by atoms with Crippen LogP contribution in [-0.4, -0.2) is 22.5 Å². The number of amides is 1. The Bertz CT molecular complexity index is 1060.